The number of nitrogens with one attached hydrogen (secondary N) is 1. The predicted octanol–water partition coefficient (Wildman–Crippen LogP) is 5.63. The summed E-state index contributed by atoms with van der Waals surface area (Å²) in [6.45, 7) is 0.750. The number of fused-ring (bicyclic) bond motifs is 1. The number of benzene rings is 2. The first kappa shape index (κ1) is 20.6. The molecule has 4 nitrogen and oxygen atoms in total. The van der Waals surface area contributed by atoms with Gasteiger partial charge in [0.05, 0.1) is 28.3 Å². The van der Waals surface area contributed by atoms with Crippen LogP contribution in [-0.2, 0) is 13.0 Å². The van der Waals surface area contributed by atoms with Crippen LogP contribution in [0.2, 0.25) is 0 Å². The second-order valence-corrected chi connectivity index (χ2v) is 8.59. The van der Waals surface area contributed by atoms with Crippen LogP contribution < -0.4 is 10.1 Å². The molecule has 154 valence electrons. The Hall–Kier alpha value is -2.64. The van der Waals surface area contributed by atoms with Gasteiger partial charge in [0, 0.05) is 17.5 Å². The molecule has 1 amide bonds. The van der Waals surface area contributed by atoms with E-state index in [9.17, 15) is 9.18 Å². The first-order chi connectivity index (χ1) is 14.6. The number of aromatic nitrogens is 1. The molecule has 0 aliphatic carbocycles. The lowest BCUT2D eigenvalue weighted by molar-refractivity contribution is 0.0945. The van der Waals surface area contributed by atoms with Crippen LogP contribution in [0, 0.1) is 5.82 Å². The van der Waals surface area contributed by atoms with Crippen molar-refractivity contribution in [3.05, 3.63) is 87.1 Å². The summed E-state index contributed by atoms with van der Waals surface area (Å²) in [5.74, 6) is 0.337. The maximum atomic E-state index is 14.3. The van der Waals surface area contributed by atoms with Gasteiger partial charge < -0.3 is 14.6 Å². The van der Waals surface area contributed by atoms with E-state index in [1.165, 1.54) is 6.07 Å². The summed E-state index contributed by atoms with van der Waals surface area (Å²) in [5.41, 5.74) is 2.99. The van der Waals surface area contributed by atoms with Gasteiger partial charge in [-0.3, -0.25) is 4.79 Å². The molecule has 0 saturated heterocycles. The summed E-state index contributed by atoms with van der Waals surface area (Å²) >= 11 is 5.11. The molecule has 0 saturated carbocycles. The molecular formula is C23H20BrFN2O2S. The second kappa shape index (κ2) is 9.02. The summed E-state index contributed by atoms with van der Waals surface area (Å²) < 4.78 is 23.4. The minimum atomic E-state index is -0.284. The fraction of sp³-hybridized carbons (Fsp3) is 0.174. The second-order valence-electron chi connectivity index (χ2n) is 6.82. The number of methoxy groups -OCH3 is 1. The Morgan fingerprint density at radius 3 is 2.67 bits per heavy atom. The smallest absolute Gasteiger partial charge is 0.267 e. The Kier molecular flexibility index (Phi) is 6.20. The van der Waals surface area contributed by atoms with Crippen molar-refractivity contribution in [3.63, 3.8) is 0 Å². The van der Waals surface area contributed by atoms with E-state index in [0.29, 0.717) is 24.2 Å². The van der Waals surface area contributed by atoms with Gasteiger partial charge in [-0.1, -0.05) is 36.4 Å². The van der Waals surface area contributed by atoms with Crippen molar-refractivity contribution in [2.75, 3.05) is 13.7 Å². The first-order valence-corrected chi connectivity index (χ1v) is 11.2. The van der Waals surface area contributed by atoms with Crippen molar-refractivity contribution in [3.8, 4) is 5.75 Å². The summed E-state index contributed by atoms with van der Waals surface area (Å²) in [7, 11) is 1.64. The van der Waals surface area contributed by atoms with Crippen LogP contribution in [0.3, 0.4) is 0 Å². The van der Waals surface area contributed by atoms with E-state index in [0.717, 1.165) is 26.0 Å². The van der Waals surface area contributed by atoms with Gasteiger partial charge in [-0.25, -0.2) is 4.39 Å². The van der Waals surface area contributed by atoms with Crippen molar-refractivity contribution in [2.45, 2.75) is 13.0 Å². The van der Waals surface area contributed by atoms with E-state index in [1.807, 2.05) is 40.3 Å². The highest BCUT2D eigenvalue weighted by Crippen LogP contribution is 2.34. The topological polar surface area (TPSA) is 43.3 Å². The van der Waals surface area contributed by atoms with Gasteiger partial charge in [-0.15, -0.1) is 11.3 Å². The molecule has 0 spiro atoms. The molecule has 0 bridgehead atoms. The van der Waals surface area contributed by atoms with Gasteiger partial charge in [-0.2, -0.15) is 0 Å². The number of nitrogens with zero attached hydrogens (tertiary/aromatic N) is 1. The molecule has 4 rings (SSSR count). The number of hydrogen-bond acceptors (Lipinski definition) is 3. The monoisotopic (exact) mass is 486 g/mol. The predicted molar refractivity (Wildman–Crippen MR) is 122 cm³/mol. The van der Waals surface area contributed by atoms with E-state index >= 15 is 0 Å². The maximum Gasteiger partial charge on any atom is 0.267 e. The van der Waals surface area contributed by atoms with Crippen LogP contribution in [0.15, 0.2) is 64.5 Å². The molecule has 1 N–H and O–H groups in total. The number of para-hydroxylation sites is 1. The highest BCUT2D eigenvalue weighted by atomic mass is 79.9. The zero-order chi connectivity index (χ0) is 21.1. The lowest BCUT2D eigenvalue weighted by Gasteiger charge is -2.13. The molecule has 7 heteroatoms. The largest absolute Gasteiger partial charge is 0.496 e. The van der Waals surface area contributed by atoms with E-state index in [4.69, 9.17) is 4.74 Å². The molecule has 0 unspecified atom stereocenters. The fourth-order valence-corrected chi connectivity index (χ4v) is 5.18. The zero-order valence-corrected chi connectivity index (χ0v) is 18.7. The van der Waals surface area contributed by atoms with Crippen LogP contribution in [0.1, 0.15) is 21.6 Å². The summed E-state index contributed by atoms with van der Waals surface area (Å²) in [4.78, 5) is 13.0. The Bertz CT molecular complexity index is 1200. The zero-order valence-electron chi connectivity index (χ0n) is 16.3. The average molecular weight is 487 g/mol. The number of hydrogen-bond donors (Lipinski definition) is 1. The van der Waals surface area contributed by atoms with Crippen LogP contribution in [0.4, 0.5) is 4.39 Å². The van der Waals surface area contributed by atoms with Gasteiger partial charge in [-0.05, 0) is 46.1 Å². The highest BCUT2D eigenvalue weighted by molar-refractivity contribution is 9.10. The number of rotatable bonds is 7. The van der Waals surface area contributed by atoms with Gasteiger partial charge in [0.25, 0.3) is 5.91 Å². The Morgan fingerprint density at radius 1 is 1.17 bits per heavy atom. The standard InChI is InChI=1S/C23H20BrFN2O2S/c1-29-20-9-5-3-6-15(20)10-11-26-23(28)19-12-21-22(17(24)14-30-21)27(19)13-16-7-2-4-8-18(16)25/h2-9,12,14H,10-11,13H2,1H3,(H,26,28). The van der Waals surface area contributed by atoms with Crippen molar-refractivity contribution in [2.24, 2.45) is 0 Å². The van der Waals surface area contributed by atoms with Gasteiger partial charge in [0.2, 0.25) is 0 Å². The van der Waals surface area contributed by atoms with Gasteiger partial charge >= 0.3 is 0 Å². The molecule has 0 aliphatic rings. The molecule has 0 fully saturated rings. The summed E-state index contributed by atoms with van der Waals surface area (Å²) in [5, 5.41) is 4.97. The van der Waals surface area contributed by atoms with E-state index < -0.39 is 0 Å². The highest BCUT2D eigenvalue weighted by Gasteiger charge is 2.19. The number of carbonyl (C=O) groups is 1. The number of thiophene rings is 1. The first-order valence-electron chi connectivity index (χ1n) is 9.48. The molecule has 30 heavy (non-hydrogen) atoms. The molecule has 0 aliphatic heterocycles. The molecule has 2 aromatic carbocycles. The molecule has 0 atom stereocenters. The van der Waals surface area contributed by atoms with Crippen molar-refractivity contribution >= 4 is 43.4 Å². The number of ether oxygens (including phenoxy) is 1. The van der Waals surface area contributed by atoms with E-state index in [-0.39, 0.29) is 18.3 Å². The lowest BCUT2D eigenvalue weighted by atomic mass is 10.1. The van der Waals surface area contributed by atoms with Crippen LogP contribution >= 0.6 is 27.3 Å². The SMILES string of the molecule is COc1ccccc1CCNC(=O)c1cc2scc(Br)c2n1Cc1ccccc1F. The third kappa shape index (κ3) is 4.13. The van der Waals surface area contributed by atoms with Crippen LogP contribution in [-0.4, -0.2) is 24.1 Å². The third-order valence-corrected chi connectivity index (χ3v) is 6.80. The van der Waals surface area contributed by atoms with Crippen LogP contribution in [0.5, 0.6) is 5.75 Å². The maximum absolute atomic E-state index is 14.3. The molecular weight excluding hydrogens is 467 g/mol. The normalized spacial score (nSPS) is 11.0. The molecule has 2 heterocycles. The fourth-order valence-electron chi connectivity index (χ4n) is 3.49. The Labute approximate surface area is 186 Å². The van der Waals surface area contributed by atoms with Crippen molar-refractivity contribution in [1.82, 2.24) is 9.88 Å². The number of halogens is 2. The molecule has 2 aromatic heterocycles. The lowest BCUT2D eigenvalue weighted by Crippen LogP contribution is -2.28. The van der Waals surface area contributed by atoms with Gasteiger partial charge in [0.15, 0.2) is 0 Å². The van der Waals surface area contributed by atoms with Crippen LogP contribution in [0.25, 0.3) is 10.2 Å². The Morgan fingerprint density at radius 2 is 1.90 bits per heavy atom. The third-order valence-electron chi connectivity index (χ3n) is 4.97. The average Bonchev–Trinajstić information content (AvgIpc) is 3.30. The molecule has 4 aromatic rings. The number of amides is 1. The minimum absolute atomic E-state index is 0.184. The summed E-state index contributed by atoms with van der Waals surface area (Å²) in [6.07, 6.45) is 0.655. The minimum Gasteiger partial charge on any atom is -0.496 e. The summed E-state index contributed by atoms with van der Waals surface area (Å²) in [6, 6.07) is 16.3. The van der Waals surface area contributed by atoms with Crippen molar-refractivity contribution < 1.29 is 13.9 Å². The molecule has 0 radical (unpaired) electrons. The van der Waals surface area contributed by atoms with E-state index in [1.54, 1.807) is 36.6 Å². The quantitative estimate of drug-likeness (QED) is 0.367. The number of carbonyl (C=O) groups excluding carboxylic acids is 1. The van der Waals surface area contributed by atoms with E-state index in [2.05, 4.69) is 21.2 Å². The van der Waals surface area contributed by atoms with Gasteiger partial charge in [0.1, 0.15) is 17.3 Å². The van der Waals surface area contributed by atoms with Crippen molar-refractivity contribution in [1.29, 1.82) is 0 Å². The Balaban J connectivity index is 1.57.